The zero-order valence-electron chi connectivity index (χ0n) is 14.7. The van der Waals surface area contributed by atoms with E-state index in [1.54, 1.807) is 42.5 Å². The molecule has 140 valence electrons. The average molecular weight is 350 g/mol. The highest BCUT2D eigenvalue weighted by atomic mass is 16.4. The largest absolute Gasteiger partial charge is 0.481 e. The molecule has 0 heterocycles. The Bertz CT molecular complexity index is 488. The molecule has 0 spiro atoms. The zero-order valence-corrected chi connectivity index (χ0v) is 14.7. The second-order valence-corrected chi connectivity index (χ2v) is 5.57. The molecular weight excluding hydrogens is 320 g/mol. The molecule has 0 amide bonds. The Morgan fingerprint density at radius 1 is 0.920 bits per heavy atom. The van der Waals surface area contributed by atoms with E-state index in [1.165, 1.54) is 6.08 Å². The minimum absolute atomic E-state index is 0.0608. The van der Waals surface area contributed by atoms with E-state index in [2.05, 4.69) is 0 Å². The van der Waals surface area contributed by atoms with E-state index in [-0.39, 0.29) is 6.42 Å². The predicted octanol–water partition coefficient (Wildman–Crippen LogP) is 2.91. The van der Waals surface area contributed by atoms with Crippen LogP contribution in [0.3, 0.4) is 0 Å². The van der Waals surface area contributed by atoms with Gasteiger partial charge in [0.05, 0.1) is 18.3 Å². The molecule has 0 saturated carbocycles. The third-order valence-corrected chi connectivity index (χ3v) is 3.26. The maximum atomic E-state index is 10.3. The topological polar surface area (TPSA) is 98.0 Å². The number of aliphatic hydroxyl groups is 3. The lowest BCUT2D eigenvalue weighted by atomic mass is 10.1. The maximum Gasteiger partial charge on any atom is 0.303 e. The van der Waals surface area contributed by atoms with E-state index < -0.39 is 24.3 Å². The summed E-state index contributed by atoms with van der Waals surface area (Å²) in [6, 6.07) is 0. The fraction of sp³-hybridized carbons (Fsp3) is 0.450. The molecule has 0 aromatic heterocycles. The van der Waals surface area contributed by atoms with Gasteiger partial charge in [-0.15, -0.1) is 0 Å². The summed E-state index contributed by atoms with van der Waals surface area (Å²) in [5.74, 6) is -0.857. The lowest BCUT2D eigenvalue weighted by Crippen LogP contribution is -2.22. The van der Waals surface area contributed by atoms with Crippen LogP contribution in [0.1, 0.15) is 39.0 Å². The molecule has 25 heavy (non-hydrogen) atoms. The first-order valence-corrected chi connectivity index (χ1v) is 8.56. The average Bonchev–Trinajstić information content (AvgIpc) is 2.56. The molecule has 0 bridgehead atoms. The summed E-state index contributed by atoms with van der Waals surface area (Å²) in [5, 5.41) is 37.5. The first-order chi connectivity index (χ1) is 12.0. The number of carboxylic acid groups (broad SMARTS) is 1. The number of aliphatic carboxylic acids is 1. The molecule has 0 aromatic carbocycles. The Kier molecular flexibility index (Phi) is 14.4. The number of carbonyl (C=O) groups is 1. The second-order valence-electron chi connectivity index (χ2n) is 5.57. The molecular formula is C20H30O5. The van der Waals surface area contributed by atoms with Gasteiger partial charge in [-0.25, -0.2) is 0 Å². The molecule has 0 aliphatic carbocycles. The first kappa shape index (κ1) is 23.1. The van der Waals surface area contributed by atoms with Gasteiger partial charge >= 0.3 is 5.97 Å². The highest BCUT2D eigenvalue weighted by molar-refractivity contribution is 5.66. The number of aliphatic hydroxyl groups excluding tert-OH is 3. The van der Waals surface area contributed by atoms with Gasteiger partial charge in [0, 0.05) is 6.42 Å². The summed E-state index contributed by atoms with van der Waals surface area (Å²) in [6.45, 7) is 2.01. The Balaban J connectivity index is 4.01. The summed E-state index contributed by atoms with van der Waals surface area (Å²) < 4.78 is 0. The molecule has 0 saturated heterocycles. The van der Waals surface area contributed by atoms with Crippen molar-refractivity contribution in [2.24, 2.45) is 0 Å². The fourth-order valence-electron chi connectivity index (χ4n) is 1.86. The first-order valence-electron chi connectivity index (χ1n) is 8.56. The predicted molar refractivity (Wildman–Crippen MR) is 100 cm³/mol. The Hall–Kier alpha value is -1.95. The summed E-state index contributed by atoms with van der Waals surface area (Å²) >= 11 is 0. The Morgan fingerprint density at radius 2 is 1.52 bits per heavy atom. The van der Waals surface area contributed by atoms with E-state index in [4.69, 9.17) is 5.11 Å². The van der Waals surface area contributed by atoms with Gasteiger partial charge in [-0.3, -0.25) is 4.79 Å². The summed E-state index contributed by atoms with van der Waals surface area (Å²) in [7, 11) is 0. The molecule has 0 aliphatic rings. The van der Waals surface area contributed by atoms with Crippen LogP contribution in [0, 0.1) is 0 Å². The maximum absolute atomic E-state index is 10.3. The summed E-state index contributed by atoms with van der Waals surface area (Å²) in [5.41, 5.74) is 0. The van der Waals surface area contributed by atoms with Gasteiger partial charge in [0.15, 0.2) is 0 Å². The second kappa shape index (κ2) is 15.6. The molecule has 5 heteroatoms. The molecule has 4 N–H and O–H groups in total. The van der Waals surface area contributed by atoms with E-state index in [1.807, 2.05) is 19.1 Å². The Morgan fingerprint density at radius 3 is 2.12 bits per heavy atom. The van der Waals surface area contributed by atoms with Gasteiger partial charge in [0.25, 0.3) is 0 Å². The van der Waals surface area contributed by atoms with Crippen molar-refractivity contribution in [2.75, 3.05) is 0 Å². The summed E-state index contributed by atoms with van der Waals surface area (Å²) in [6.07, 6.45) is 17.1. The molecule has 0 aliphatic heterocycles. The lowest BCUT2D eigenvalue weighted by molar-refractivity contribution is -0.137. The standard InChI is InChI=1S/C20H30O5/c1-2-3-8-14-18(22)19(23)15-10-7-5-4-6-9-12-17(21)13-11-16-20(24)25/h3-10,12,15,17-19,21-23H,2,11,13-14,16H2,1H3,(H,24,25)/b6-4-,7-5+,8-3-,12-9+,15-10+/t17-,18-,19-/m0/s1. The van der Waals surface area contributed by atoms with Crippen molar-refractivity contribution < 1.29 is 25.2 Å². The van der Waals surface area contributed by atoms with Crippen LogP contribution in [0.5, 0.6) is 0 Å². The van der Waals surface area contributed by atoms with Crippen molar-refractivity contribution in [3.63, 3.8) is 0 Å². The monoisotopic (exact) mass is 350 g/mol. The van der Waals surface area contributed by atoms with Crippen molar-refractivity contribution >= 4 is 5.97 Å². The van der Waals surface area contributed by atoms with Crippen LogP contribution in [-0.4, -0.2) is 44.7 Å². The van der Waals surface area contributed by atoms with Crippen LogP contribution < -0.4 is 0 Å². The van der Waals surface area contributed by atoms with Crippen LogP contribution in [0.15, 0.2) is 60.8 Å². The van der Waals surface area contributed by atoms with Crippen LogP contribution in [0.2, 0.25) is 0 Å². The fourth-order valence-corrected chi connectivity index (χ4v) is 1.86. The number of carboxylic acids is 1. The highest BCUT2D eigenvalue weighted by Gasteiger charge is 2.10. The molecule has 5 nitrogen and oxygen atoms in total. The highest BCUT2D eigenvalue weighted by Crippen LogP contribution is 2.03. The molecule has 0 fully saturated rings. The number of allylic oxidation sites excluding steroid dienone is 7. The molecule has 3 atom stereocenters. The van der Waals surface area contributed by atoms with Gasteiger partial charge in [0.1, 0.15) is 0 Å². The minimum Gasteiger partial charge on any atom is -0.481 e. The van der Waals surface area contributed by atoms with Crippen LogP contribution in [0.4, 0.5) is 0 Å². The van der Waals surface area contributed by atoms with E-state index >= 15 is 0 Å². The summed E-state index contributed by atoms with van der Waals surface area (Å²) in [4.78, 5) is 10.3. The van der Waals surface area contributed by atoms with Gasteiger partial charge in [-0.1, -0.05) is 67.7 Å². The van der Waals surface area contributed by atoms with Crippen LogP contribution >= 0.6 is 0 Å². The SMILES string of the molecule is CC/C=C\C[C@H](O)[C@@H](O)/C=C/C=C/C=C\C=C\[C@H](O)CCCC(=O)O. The van der Waals surface area contributed by atoms with Crippen molar-refractivity contribution in [3.8, 4) is 0 Å². The van der Waals surface area contributed by atoms with Gasteiger partial charge in [-0.05, 0) is 25.7 Å². The minimum atomic E-state index is -0.906. The van der Waals surface area contributed by atoms with Crippen LogP contribution in [0.25, 0.3) is 0 Å². The van der Waals surface area contributed by atoms with E-state index in [0.717, 1.165) is 6.42 Å². The van der Waals surface area contributed by atoms with Crippen molar-refractivity contribution in [1.82, 2.24) is 0 Å². The van der Waals surface area contributed by atoms with Gasteiger partial charge < -0.3 is 20.4 Å². The molecule has 0 radical (unpaired) electrons. The molecule has 0 aromatic rings. The van der Waals surface area contributed by atoms with Crippen molar-refractivity contribution in [2.45, 2.75) is 57.3 Å². The third-order valence-electron chi connectivity index (χ3n) is 3.26. The smallest absolute Gasteiger partial charge is 0.303 e. The van der Waals surface area contributed by atoms with Crippen molar-refractivity contribution in [3.05, 3.63) is 60.8 Å². The third kappa shape index (κ3) is 15.3. The number of hydrogen-bond acceptors (Lipinski definition) is 4. The van der Waals surface area contributed by atoms with Crippen molar-refractivity contribution in [1.29, 1.82) is 0 Å². The number of rotatable bonds is 13. The molecule has 0 unspecified atom stereocenters. The van der Waals surface area contributed by atoms with Crippen LogP contribution in [-0.2, 0) is 4.79 Å². The van der Waals surface area contributed by atoms with Gasteiger partial charge in [0.2, 0.25) is 0 Å². The quantitative estimate of drug-likeness (QED) is 0.302. The Labute approximate surface area is 150 Å². The lowest BCUT2D eigenvalue weighted by Gasteiger charge is -2.11. The van der Waals surface area contributed by atoms with E-state index in [9.17, 15) is 20.1 Å². The molecule has 0 rings (SSSR count). The van der Waals surface area contributed by atoms with Gasteiger partial charge in [-0.2, -0.15) is 0 Å². The van der Waals surface area contributed by atoms with E-state index in [0.29, 0.717) is 19.3 Å². The number of hydrogen-bond donors (Lipinski definition) is 4. The zero-order chi connectivity index (χ0) is 18.9. The normalized spacial score (nSPS) is 16.6.